The summed E-state index contributed by atoms with van der Waals surface area (Å²) in [6.45, 7) is 0.973. The fourth-order valence-electron chi connectivity index (χ4n) is 3.85. The lowest BCUT2D eigenvalue weighted by Gasteiger charge is -2.31. The minimum atomic E-state index is -0.594. The summed E-state index contributed by atoms with van der Waals surface area (Å²) in [6.07, 6.45) is 5.32. The zero-order valence-corrected chi connectivity index (χ0v) is 17.2. The Bertz CT molecular complexity index is 1180. The number of carbonyl (C=O) groups is 1. The molecular weight excluding hydrogens is 400 g/mol. The maximum Gasteiger partial charge on any atom is 0.328 e. The standard InChI is InChI=1S/C22H24N4O5/c1-30-18-7-3-2-5-15(18)11-17-12-23-21(31-17)16-6-4-9-25(13-16)20(28)14-26-10-8-19(27)24-22(26)29/h2-3,5,7-8,10,12,16H,4,6,9,11,13-14H2,1H3,(H,24,27,29). The van der Waals surface area contributed by atoms with Crippen LogP contribution in [0.25, 0.3) is 0 Å². The van der Waals surface area contributed by atoms with Gasteiger partial charge in [-0.25, -0.2) is 9.78 Å². The van der Waals surface area contributed by atoms with Gasteiger partial charge in [-0.15, -0.1) is 0 Å². The summed E-state index contributed by atoms with van der Waals surface area (Å²) in [4.78, 5) is 44.1. The number of piperidine rings is 1. The zero-order chi connectivity index (χ0) is 21.8. The molecule has 9 nitrogen and oxygen atoms in total. The Morgan fingerprint density at radius 3 is 2.94 bits per heavy atom. The van der Waals surface area contributed by atoms with E-state index in [1.54, 1.807) is 18.2 Å². The second-order valence-electron chi connectivity index (χ2n) is 7.57. The van der Waals surface area contributed by atoms with E-state index in [1.165, 1.54) is 16.8 Å². The highest BCUT2D eigenvalue weighted by molar-refractivity contribution is 5.76. The third-order valence-electron chi connectivity index (χ3n) is 5.45. The first-order valence-corrected chi connectivity index (χ1v) is 10.2. The number of likely N-dealkylation sites (tertiary alicyclic amines) is 1. The number of benzene rings is 1. The summed E-state index contributed by atoms with van der Waals surface area (Å²) in [5, 5.41) is 0. The molecule has 1 aliphatic rings. The number of amides is 1. The van der Waals surface area contributed by atoms with Crippen LogP contribution in [0.2, 0.25) is 0 Å². The molecule has 4 rings (SSSR count). The first kappa shape index (κ1) is 20.6. The van der Waals surface area contributed by atoms with Gasteiger partial charge in [0.2, 0.25) is 5.91 Å². The fraction of sp³-hybridized carbons (Fsp3) is 0.364. The number of rotatable bonds is 6. The van der Waals surface area contributed by atoms with Gasteiger partial charge >= 0.3 is 5.69 Å². The smallest absolute Gasteiger partial charge is 0.328 e. The Morgan fingerprint density at radius 2 is 2.13 bits per heavy atom. The summed E-state index contributed by atoms with van der Waals surface area (Å²) < 4.78 is 12.6. The minimum Gasteiger partial charge on any atom is -0.496 e. The van der Waals surface area contributed by atoms with Crippen LogP contribution in [0, 0.1) is 0 Å². The van der Waals surface area contributed by atoms with Crippen molar-refractivity contribution in [2.75, 3.05) is 20.2 Å². The van der Waals surface area contributed by atoms with E-state index in [2.05, 4.69) is 9.97 Å². The maximum atomic E-state index is 12.7. The third-order valence-corrected chi connectivity index (χ3v) is 5.45. The molecule has 0 radical (unpaired) electrons. The Kier molecular flexibility index (Phi) is 6.01. The van der Waals surface area contributed by atoms with Crippen LogP contribution in [-0.2, 0) is 17.8 Å². The normalized spacial score (nSPS) is 16.3. The SMILES string of the molecule is COc1ccccc1Cc1cnc(C2CCCN(C(=O)Cn3ccc(=O)[nH]c3=O)C2)o1. The van der Waals surface area contributed by atoms with Gasteiger partial charge in [-0.2, -0.15) is 0 Å². The number of nitrogens with zero attached hydrogens (tertiary/aromatic N) is 3. The number of aromatic amines is 1. The van der Waals surface area contributed by atoms with E-state index >= 15 is 0 Å². The largest absolute Gasteiger partial charge is 0.496 e. The summed E-state index contributed by atoms with van der Waals surface area (Å²) in [7, 11) is 1.64. The number of methoxy groups -OCH3 is 1. The number of carbonyl (C=O) groups excluding carboxylic acids is 1. The predicted molar refractivity (Wildman–Crippen MR) is 112 cm³/mol. The molecule has 1 unspecified atom stereocenters. The summed E-state index contributed by atoms with van der Waals surface area (Å²) in [5.41, 5.74) is -0.0675. The van der Waals surface area contributed by atoms with Crippen molar-refractivity contribution in [1.29, 1.82) is 0 Å². The summed E-state index contributed by atoms with van der Waals surface area (Å²) >= 11 is 0. The third kappa shape index (κ3) is 4.76. The fourth-order valence-corrected chi connectivity index (χ4v) is 3.85. The van der Waals surface area contributed by atoms with Crippen LogP contribution in [0.15, 0.2) is 56.7 Å². The number of H-pyrrole nitrogens is 1. The van der Waals surface area contributed by atoms with Crippen LogP contribution in [-0.4, -0.2) is 45.5 Å². The topological polar surface area (TPSA) is 110 Å². The minimum absolute atomic E-state index is 0.00331. The number of para-hydroxylation sites is 1. The Balaban J connectivity index is 1.42. The van der Waals surface area contributed by atoms with Crippen molar-refractivity contribution in [3.8, 4) is 5.75 Å². The lowest BCUT2D eigenvalue weighted by atomic mass is 9.98. The van der Waals surface area contributed by atoms with Crippen LogP contribution in [0.4, 0.5) is 0 Å². The van der Waals surface area contributed by atoms with Gasteiger partial charge in [0, 0.05) is 37.3 Å². The van der Waals surface area contributed by atoms with Gasteiger partial charge in [0.1, 0.15) is 18.1 Å². The molecule has 3 aromatic rings. The van der Waals surface area contributed by atoms with Crippen molar-refractivity contribution in [2.45, 2.75) is 31.7 Å². The number of hydrogen-bond donors (Lipinski definition) is 1. The van der Waals surface area contributed by atoms with Gasteiger partial charge in [0.15, 0.2) is 5.89 Å². The Morgan fingerprint density at radius 1 is 1.29 bits per heavy atom. The second-order valence-corrected chi connectivity index (χ2v) is 7.57. The number of hydrogen-bond acceptors (Lipinski definition) is 6. The number of nitrogens with one attached hydrogen (secondary N) is 1. The zero-order valence-electron chi connectivity index (χ0n) is 17.2. The Hall–Kier alpha value is -3.62. The van der Waals surface area contributed by atoms with Gasteiger partial charge < -0.3 is 14.1 Å². The van der Waals surface area contributed by atoms with Gasteiger partial charge in [-0.05, 0) is 18.9 Å². The summed E-state index contributed by atoms with van der Waals surface area (Å²) in [5.74, 6) is 1.97. The maximum absolute atomic E-state index is 12.7. The first-order valence-electron chi connectivity index (χ1n) is 10.2. The van der Waals surface area contributed by atoms with E-state index in [4.69, 9.17) is 9.15 Å². The molecule has 1 fully saturated rings. The highest BCUT2D eigenvalue weighted by Gasteiger charge is 2.28. The second kappa shape index (κ2) is 9.03. The van der Waals surface area contributed by atoms with E-state index in [0.717, 1.165) is 29.9 Å². The molecule has 1 N–H and O–H groups in total. The van der Waals surface area contributed by atoms with Crippen LogP contribution in [0.1, 0.15) is 36.0 Å². The Labute approximate surface area is 178 Å². The van der Waals surface area contributed by atoms with Gasteiger partial charge in [0.25, 0.3) is 5.56 Å². The van der Waals surface area contributed by atoms with Crippen molar-refractivity contribution >= 4 is 5.91 Å². The number of oxazole rings is 1. The highest BCUT2D eigenvalue weighted by atomic mass is 16.5. The number of aromatic nitrogens is 3. The van der Waals surface area contributed by atoms with E-state index in [9.17, 15) is 14.4 Å². The van der Waals surface area contributed by atoms with E-state index in [-0.39, 0.29) is 18.4 Å². The molecule has 0 saturated carbocycles. The van der Waals surface area contributed by atoms with Crippen molar-refractivity contribution in [1.82, 2.24) is 19.4 Å². The van der Waals surface area contributed by atoms with Crippen molar-refractivity contribution in [3.63, 3.8) is 0 Å². The molecule has 2 aromatic heterocycles. The van der Waals surface area contributed by atoms with Crippen LogP contribution in [0.3, 0.4) is 0 Å². The van der Waals surface area contributed by atoms with Crippen molar-refractivity contribution in [2.24, 2.45) is 0 Å². The lowest BCUT2D eigenvalue weighted by molar-refractivity contribution is -0.133. The number of ether oxygens (including phenoxy) is 1. The van der Waals surface area contributed by atoms with Crippen molar-refractivity contribution in [3.05, 3.63) is 80.8 Å². The molecule has 1 aliphatic heterocycles. The van der Waals surface area contributed by atoms with Crippen LogP contribution >= 0.6 is 0 Å². The molecular formula is C22H24N4O5. The molecule has 0 spiro atoms. The van der Waals surface area contributed by atoms with Gasteiger partial charge in [0.05, 0.1) is 19.2 Å². The average Bonchev–Trinajstić information content (AvgIpc) is 3.25. The molecule has 9 heteroatoms. The van der Waals surface area contributed by atoms with E-state index < -0.39 is 11.2 Å². The van der Waals surface area contributed by atoms with Gasteiger partial charge in [-0.1, -0.05) is 18.2 Å². The van der Waals surface area contributed by atoms with E-state index in [0.29, 0.717) is 25.4 Å². The molecule has 0 bridgehead atoms. The first-order chi connectivity index (χ1) is 15.0. The van der Waals surface area contributed by atoms with Crippen molar-refractivity contribution < 1.29 is 13.9 Å². The molecule has 162 valence electrons. The van der Waals surface area contributed by atoms with Crippen LogP contribution < -0.4 is 16.0 Å². The molecule has 0 aliphatic carbocycles. The molecule has 1 saturated heterocycles. The van der Waals surface area contributed by atoms with Gasteiger partial charge in [-0.3, -0.25) is 19.1 Å². The average molecular weight is 424 g/mol. The molecule has 31 heavy (non-hydrogen) atoms. The molecule has 1 aromatic carbocycles. The quantitative estimate of drug-likeness (QED) is 0.643. The molecule has 1 amide bonds. The molecule has 1 atom stereocenters. The predicted octanol–water partition coefficient (Wildman–Crippen LogP) is 1.53. The van der Waals surface area contributed by atoms with E-state index in [1.807, 2.05) is 24.3 Å². The highest BCUT2D eigenvalue weighted by Crippen LogP contribution is 2.28. The molecule has 3 heterocycles. The monoisotopic (exact) mass is 424 g/mol. The summed E-state index contributed by atoms with van der Waals surface area (Å²) in [6, 6.07) is 8.99. The lowest BCUT2D eigenvalue weighted by Crippen LogP contribution is -2.42. The van der Waals surface area contributed by atoms with Crippen LogP contribution in [0.5, 0.6) is 5.75 Å².